The summed E-state index contributed by atoms with van der Waals surface area (Å²) in [6.45, 7) is 4.31. The van der Waals surface area contributed by atoms with Crippen molar-refractivity contribution in [3.8, 4) is 23.0 Å². The maximum Gasteiger partial charge on any atom is 0.268 e. The van der Waals surface area contributed by atoms with E-state index in [1.54, 1.807) is 10.7 Å². The van der Waals surface area contributed by atoms with Gasteiger partial charge < -0.3 is 4.42 Å². The molecule has 1 aliphatic heterocycles. The SMILES string of the molecule is Cc1ccc(C)c(S(=O)(=O)N2CCc3c(c(-c4nnc(-c5ccccc5)o4)nn3C)C2)c1. The van der Waals surface area contributed by atoms with Crippen LogP contribution < -0.4 is 0 Å². The smallest absolute Gasteiger partial charge is 0.268 e. The summed E-state index contributed by atoms with van der Waals surface area (Å²) in [4.78, 5) is 0.343. The van der Waals surface area contributed by atoms with Crippen molar-refractivity contribution in [3.63, 3.8) is 0 Å². The Morgan fingerprint density at radius 3 is 2.53 bits per heavy atom. The number of hydrogen-bond acceptors (Lipinski definition) is 6. The van der Waals surface area contributed by atoms with Gasteiger partial charge in [0.25, 0.3) is 5.89 Å². The first-order valence-electron chi connectivity index (χ1n) is 10.4. The van der Waals surface area contributed by atoms with Crippen LogP contribution in [0, 0.1) is 13.8 Å². The first-order chi connectivity index (χ1) is 15.3. The van der Waals surface area contributed by atoms with Crippen molar-refractivity contribution in [2.45, 2.75) is 31.7 Å². The summed E-state index contributed by atoms with van der Waals surface area (Å²) in [6.07, 6.45) is 0.558. The minimum Gasteiger partial charge on any atom is -0.415 e. The van der Waals surface area contributed by atoms with Crippen LogP contribution in [0.5, 0.6) is 0 Å². The highest BCUT2D eigenvalue weighted by Gasteiger charge is 2.34. The molecule has 32 heavy (non-hydrogen) atoms. The van der Waals surface area contributed by atoms with Gasteiger partial charge in [-0.2, -0.15) is 9.40 Å². The fourth-order valence-electron chi connectivity index (χ4n) is 4.09. The summed E-state index contributed by atoms with van der Waals surface area (Å²) in [5.41, 5.74) is 4.77. The van der Waals surface area contributed by atoms with Crippen LogP contribution in [0.15, 0.2) is 57.8 Å². The van der Waals surface area contributed by atoms with Crippen molar-refractivity contribution in [1.29, 1.82) is 0 Å². The molecule has 0 unspecified atom stereocenters. The highest BCUT2D eigenvalue weighted by Crippen LogP contribution is 2.33. The average molecular weight is 450 g/mol. The summed E-state index contributed by atoms with van der Waals surface area (Å²) in [5.74, 6) is 0.683. The molecule has 0 radical (unpaired) electrons. The van der Waals surface area contributed by atoms with E-state index >= 15 is 0 Å². The van der Waals surface area contributed by atoms with Crippen LogP contribution in [0.4, 0.5) is 0 Å². The first kappa shape index (κ1) is 20.6. The van der Waals surface area contributed by atoms with Crippen molar-refractivity contribution in [2.75, 3.05) is 6.54 Å². The Kier molecular flexibility index (Phi) is 4.94. The van der Waals surface area contributed by atoms with Gasteiger partial charge in [-0.05, 0) is 43.2 Å². The lowest BCUT2D eigenvalue weighted by Crippen LogP contribution is -2.36. The molecule has 8 nitrogen and oxygen atoms in total. The van der Waals surface area contributed by atoms with E-state index in [9.17, 15) is 8.42 Å². The zero-order chi connectivity index (χ0) is 22.5. The number of aromatic nitrogens is 4. The molecule has 2 aromatic carbocycles. The standard InChI is InChI=1S/C23H23N5O3S/c1-15-9-10-16(2)20(13-15)32(29,30)28-12-11-19-18(14-28)21(26-27(19)3)23-25-24-22(31-23)17-7-5-4-6-8-17/h4-10,13H,11-12,14H2,1-3H3. The van der Waals surface area contributed by atoms with Gasteiger partial charge in [0, 0.05) is 43.4 Å². The number of hydrogen-bond donors (Lipinski definition) is 0. The molecule has 0 saturated carbocycles. The molecule has 0 bridgehead atoms. The number of aryl methyl sites for hydroxylation is 3. The Balaban J connectivity index is 1.52. The lowest BCUT2D eigenvalue weighted by Gasteiger charge is -2.27. The zero-order valence-electron chi connectivity index (χ0n) is 18.1. The molecular formula is C23H23N5O3S. The number of sulfonamides is 1. The van der Waals surface area contributed by atoms with Gasteiger partial charge in [0.2, 0.25) is 15.9 Å². The van der Waals surface area contributed by atoms with Gasteiger partial charge in [-0.3, -0.25) is 4.68 Å². The van der Waals surface area contributed by atoms with Gasteiger partial charge in [0.15, 0.2) is 5.69 Å². The Morgan fingerprint density at radius 1 is 1.00 bits per heavy atom. The van der Waals surface area contributed by atoms with E-state index in [-0.39, 0.29) is 12.4 Å². The van der Waals surface area contributed by atoms with Gasteiger partial charge in [-0.25, -0.2) is 8.42 Å². The van der Waals surface area contributed by atoms with Gasteiger partial charge in [0.1, 0.15) is 0 Å². The number of rotatable bonds is 4. The van der Waals surface area contributed by atoms with E-state index in [2.05, 4.69) is 15.3 Å². The Bertz CT molecular complexity index is 1410. The molecule has 1 aliphatic rings. The van der Waals surface area contributed by atoms with E-state index in [0.717, 1.165) is 27.9 Å². The number of benzene rings is 2. The highest BCUT2D eigenvalue weighted by atomic mass is 32.2. The third kappa shape index (κ3) is 3.43. The second-order valence-electron chi connectivity index (χ2n) is 8.03. The monoisotopic (exact) mass is 449 g/mol. The van der Waals surface area contributed by atoms with Gasteiger partial charge in [0.05, 0.1) is 4.90 Å². The van der Waals surface area contributed by atoms with Crippen molar-refractivity contribution in [3.05, 3.63) is 70.9 Å². The molecule has 0 spiro atoms. The lowest BCUT2D eigenvalue weighted by atomic mass is 10.1. The average Bonchev–Trinajstić information content (AvgIpc) is 3.41. The van der Waals surface area contributed by atoms with E-state index < -0.39 is 10.0 Å². The third-order valence-corrected chi connectivity index (χ3v) is 7.80. The van der Waals surface area contributed by atoms with Crippen molar-refractivity contribution < 1.29 is 12.8 Å². The van der Waals surface area contributed by atoms with Crippen molar-refractivity contribution in [1.82, 2.24) is 24.3 Å². The molecule has 0 fully saturated rings. The third-order valence-electron chi connectivity index (χ3n) is 5.82. The molecule has 5 rings (SSSR count). The van der Waals surface area contributed by atoms with Crippen LogP contribution in [0.3, 0.4) is 0 Å². The minimum atomic E-state index is -3.66. The van der Waals surface area contributed by atoms with Gasteiger partial charge >= 0.3 is 0 Å². The van der Waals surface area contributed by atoms with Gasteiger partial charge in [-0.1, -0.05) is 30.3 Å². The van der Waals surface area contributed by atoms with Crippen molar-refractivity contribution >= 4 is 10.0 Å². The fourth-order valence-corrected chi connectivity index (χ4v) is 5.80. The minimum absolute atomic E-state index is 0.206. The summed E-state index contributed by atoms with van der Waals surface area (Å²) >= 11 is 0. The van der Waals surface area contributed by atoms with Crippen LogP contribution in [0.1, 0.15) is 22.4 Å². The molecule has 9 heteroatoms. The normalized spacial score (nSPS) is 14.5. The summed E-state index contributed by atoms with van der Waals surface area (Å²) in [5, 5.41) is 12.9. The van der Waals surface area contributed by atoms with E-state index in [1.807, 2.05) is 63.4 Å². The molecular weight excluding hydrogens is 426 g/mol. The van der Waals surface area contributed by atoms with Crippen LogP contribution in [0.2, 0.25) is 0 Å². The Labute approximate surface area is 186 Å². The second-order valence-corrected chi connectivity index (χ2v) is 9.94. The summed E-state index contributed by atoms with van der Waals surface area (Å²) in [6, 6.07) is 15.0. The first-order valence-corrected chi connectivity index (χ1v) is 11.8. The molecule has 0 N–H and O–H groups in total. The highest BCUT2D eigenvalue weighted by molar-refractivity contribution is 7.89. The topological polar surface area (TPSA) is 94.1 Å². The fraction of sp³-hybridized carbons (Fsp3) is 0.261. The van der Waals surface area contributed by atoms with Gasteiger partial charge in [-0.15, -0.1) is 10.2 Å². The number of fused-ring (bicyclic) bond motifs is 1. The molecule has 0 aliphatic carbocycles. The van der Waals surface area contributed by atoms with Crippen LogP contribution in [-0.4, -0.2) is 39.2 Å². The van der Waals surface area contributed by atoms with Crippen LogP contribution in [0.25, 0.3) is 23.0 Å². The molecule has 164 valence electrons. The quantitative estimate of drug-likeness (QED) is 0.473. The lowest BCUT2D eigenvalue weighted by molar-refractivity contribution is 0.385. The Hall–Kier alpha value is -3.30. The maximum atomic E-state index is 13.5. The van der Waals surface area contributed by atoms with E-state index in [1.165, 1.54) is 4.31 Å². The van der Waals surface area contributed by atoms with Crippen LogP contribution >= 0.6 is 0 Å². The zero-order valence-corrected chi connectivity index (χ0v) is 18.9. The molecule has 0 amide bonds. The second kappa shape index (κ2) is 7.68. The number of nitrogens with zero attached hydrogens (tertiary/aromatic N) is 5. The molecule has 0 atom stereocenters. The van der Waals surface area contributed by atoms with Crippen LogP contribution in [-0.2, 0) is 30.0 Å². The largest absolute Gasteiger partial charge is 0.415 e. The predicted octanol–water partition coefficient (Wildman–Crippen LogP) is 3.50. The molecule has 0 saturated heterocycles. The Morgan fingerprint density at radius 2 is 1.75 bits per heavy atom. The molecule has 4 aromatic rings. The maximum absolute atomic E-state index is 13.5. The van der Waals surface area contributed by atoms with E-state index in [0.29, 0.717) is 29.4 Å². The summed E-state index contributed by atoms with van der Waals surface area (Å²) < 4.78 is 36.1. The van der Waals surface area contributed by atoms with Crippen molar-refractivity contribution in [2.24, 2.45) is 7.05 Å². The van der Waals surface area contributed by atoms with E-state index in [4.69, 9.17) is 4.42 Å². The molecule has 3 heterocycles. The summed E-state index contributed by atoms with van der Waals surface area (Å²) in [7, 11) is -1.80. The predicted molar refractivity (Wildman–Crippen MR) is 119 cm³/mol. The molecule has 2 aromatic heterocycles.